The van der Waals surface area contributed by atoms with Crippen LogP contribution in [0.1, 0.15) is 26.2 Å². The van der Waals surface area contributed by atoms with Crippen LogP contribution in [0.4, 0.5) is 0 Å². The van der Waals surface area contributed by atoms with Crippen LogP contribution in [0.2, 0.25) is 0 Å². The average Bonchev–Trinajstić information content (AvgIpc) is 2.19. The predicted octanol–water partition coefficient (Wildman–Crippen LogP) is 1.50. The Kier molecular flexibility index (Phi) is 8.29. The first-order valence-electron chi connectivity index (χ1n) is 5.35. The minimum absolute atomic E-state index is 0. The quantitative estimate of drug-likeness (QED) is 0.772. The van der Waals surface area contributed by atoms with Crippen molar-refractivity contribution in [3.05, 3.63) is 0 Å². The largest absolute Gasteiger partial charge is 0.342 e. The molecule has 0 spiro atoms. The Bertz CT molecular complexity index is 184. The number of rotatable bonds is 4. The molecule has 1 fully saturated rings. The fourth-order valence-electron chi connectivity index (χ4n) is 1.54. The minimum atomic E-state index is 0. The summed E-state index contributed by atoms with van der Waals surface area (Å²) in [7, 11) is 0. The highest BCUT2D eigenvalue weighted by Gasteiger charge is 2.19. The molecule has 1 saturated heterocycles. The lowest BCUT2D eigenvalue weighted by Crippen LogP contribution is -2.43. The zero-order valence-corrected chi connectivity index (χ0v) is 10.9. The number of thioether (sulfide) groups is 1. The highest BCUT2D eigenvalue weighted by molar-refractivity contribution is 7.99. The van der Waals surface area contributed by atoms with Gasteiger partial charge in [-0.05, 0) is 25.0 Å². The van der Waals surface area contributed by atoms with E-state index in [0.29, 0.717) is 11.8 Å². The number of amides is 1. The molecular weight excluding hydrogens is 232 g/mol. The third kappa shape index (κ3) is 5.64. The fraction of sp³-hybridized carbons (Fsp3) is 0.900. The number of likely N-dealkylation sites (tertiary alicyclic amines) is 1. The second kappa shape index (κ2) is 8.25. The number of nitrogens with zero attached hydrogens (tertiary/aromatic N) is 1. The van der Waals surface area contributed by atoms with Gasteiger partial charge in [-0.3, -0.25) is 4.79 Å². The van der Waals surface area contributed by atoms with Crippen LogP contribution in [0, 0.1) is 0 Å². The van der Waals surface area contributed by atoms with Crippen molar-refractivity contribution in [3.8, 4) is 0 Å². The van der Waals surface area contributed by atoms with Gasteiger partial charge in [0.2, 0.25) is 5.91 Å². The molecule has 0 radical (unpaired) electrons. The summed E-state index contributed by atoms with van der Waals surface area (Å²) >= 11 is 1.73. The first-order chi connectivity index (χ1) is 6.74. The van der Waals surface area contributed by atoms with Crippen molar-refractivity contribution in [2.75, 3.05) is 24.6 Å². The molecule has 90 valence electrons. The van der Waals surface area contributed by atoms with E-state index in [1.165, 1.54) is 0 Å². The summed E-state index contributed by atoms with van der Waals surface area (Å²) < 4.78 is 0. The van der Waals surface area contributed by atoms with Crippen molar-refractivity contribution < 1.29 is 4.79 Å². The molecule has 1 heterocycles. The number of halogens is 1. The van der Waals surface area contributed by atoms with Gasteiger partial charge in [0.05, 0.1) is 5.75 Å². The van der Waals surface area contributed by atoms with Gasteiger partial charge in [-0.2, -0.15) is 11.8 Å². The van der Waals surface area contributed by atoms with E-state index in [4.69, 9.17) is 5.73 Å². The predicted molar refractivity (Wildman–Crippen MR) is 68.7 cm³/mol. The Morgan fingerprint density at radius 1 is 1.47 bits per heavy atom. The van der Waals surface area contributed by atoms with Crippen LogP contribution in [0.3, 0.4) is 0 Å². The van der Waals surface area contributed by atoms with Gasteiger partial charge in [0.15, 0.2) is 0 Å². The fourth-order valence-corrected chi connectivity index (χ4v) is 2.33. The molecule has 1 rings (SSSR count). The van der Waals surface area contributed by atoms with E-state index < -0.39 is 0 Å². The summed E-state index contributed by atoms with van der Waals surface area (Å²) in [4.78, 5) is 13.6. The van der Waals surface area contributed by atoms with Gasteiger partial charge in [0.1, 0.15) is 0 Å². The molecule has 0 aromatic carbocycles. The zero-order chi connectivity index (χ0) is 10.4. The molecule has 0 bridgehead atoms. The van der Waals surface area contributed by atoms with Gasteiger partial charge in [-0.25, -0.2) is 0 Å². The first-order valence-corrected chi connectivity index (χ1v) is 6.50. The Morgan fingerprint density at radius 3 is 2.60 bits per heavy atom. The van der Waals surface area contributed by atoms with E-state index in [-0.39, 0.29) is 18.3 Å². The summed E-state index contributed by atoms with van der Waals surface area (Å²) in [5.74, 6) is 2.01. The van der Waals surface area contributed by atoms with E-state index in [1.807, 2.05) is 4.90 Å². The summed E-state index contributed by atoms with van der Waals surface area (Å²) in [5, 5.41) is 0. The van der Waals surface area contributed by atoms with Gasteiger partial charge in [-0.15, -0.1) is 12.4 Å². The summed E-state index contributed by atoms with van der Waals surface area (Å²) in [5.41, 5.74) is 5.78. The number of piperidine rings is 1. The molecule has 0 saturated carbocycles. The topological polar surface area (TPSA) is 46.3 Å². The molecule has 0 unspecified atom stereocenters. The average molecular weight is 253 g/mol. The standard InChI is InChI=1S/C10H20N2OS.ClH/c1-2-7-14-8-10(13)12-5-3-9(11)4-6-12;/h9H,2-8,11H2,1H3;1H. The molecule has 0 aliphatic carbocycles. The van der Waals surface area contributed by atoms with Crippen LogP contribution >= 0.6 is 24.2 Å². The maximum atomic E-state index is 11.6. The summed E-state index contributed by atoms with van der Waals surface area (Å²) in [6, 6.07) is 0.308. The van der Waals surface area contributed by atoms with Crippen molar-refractivity contribution >= 4 is 30.1 Å². The molecule has 1 amide bonds. The van der Waals surface area contributed by atoms with Crippen molar-refractivity contribution in [2.45, 2.75) is 32.2 Å². The highest BCUT2D eigenvalue weighted by atomic mass is 35.5. The lowest BCUT2D eigenvalue weighted by Gasteiger charge is -2.30. The van der Waals surface area contributed by atoms with Gasteiger partial charge in [-0.1, -0.05) is 6.92 Å². The maximum absolute atomic E-state index is 11.6. The molecule has 15 heavy (non-hydrogen) atoms. The Labute approximate surface area is 103 Å². The van der Waals surface area contributed by atoms with Crippen molar-refractivity contribution in [1.82, 2.24) is 4.90 Å². The Hall–Kier alpha value is 0.0700. The zero-order valence-electron chi connectivity index (χ0n) is 9.28. The molecule has 0 aromatic rings. The molecule has 5 heteroatoms. The molecule has 0 atom stereocenters. The molecular formula is C10H21ClN2OS. The number of hydrogen-bond donors (Lipinski definition) is 1. The smallest absolute Gasteiger partial charge is 0.232 e. The third-order valence-corrected chi connectivity index (χ3v) is 3.61. The van der Waals surface area contributed by atoms with E-state index in [2.05, 4.69) is 6.92 Å². The van der Waals surface area contributed by atoms with Crippen molar-refractivity contribution in [1.29, 1.82) is 0 Å². The van der Waals surface area contributed by atoms with Crippen LogP contribution in [0.15, 0.2) is 0 Å². The highest BCUT2D eigenvalue weighted by Crippen LogP contribution is 2.11. The first kappa shape index (κ1) is 15.1. The van der Waals surface area contributed by atoms with E-state index in [1.54, 1.807) is 11.8 Å². The Morgan fingerprint density at radius 2 is 2.07 bits per heavy atom. The van der Waals surface area contributed by atoms with Crippen molar-refractivity contribution in [3.63, 3.8) is 0 Å². The second-order valence-corrected chi connectivity index (χ2v) is 4.88. The van der Waals surface area contributed by atoms with Crippen LogP contribution in [-0.2, 0) is 4.79 Å². The monoisotopic (exact) mass is 252 g/mol. The number of hydrogen-bond acceptors (Lipinski definition) is 3. The Balaban J connectivity index is 0.00000196. The van der Waals surface area contributed by atoms with Crippen LogP contribution < -0.4 is 5.73 Å². The number of carbonyl (C=O) groups excluding carboxylic acids is 1. The van der Waals surface area contributed by atoms with Crippen LogP contribution in [0.5, 0.6) is 0 Å². The van der Waals surface area contributed by atoms with Crippen LogP contribution in [-0.4, -0.2) is 41.4 Å². The van der Waals surface area contributed by atoms with E-state index in [9.17, 15) is 4.79 Å². The number of carbonyl (C=O) groups is 1. The van der Waals surface area contributed by atoms with Gasteiger partial charge in [0.25, 0.3) is 0 Å². The second-order valence-electron chi connectivity index (χ2n) is 3.77. The lowest BCUT2D eigenvalue weighted by atomic mass is 10.1. The molecule has 1 aliphatic rings. The molecule has 2 N–H and O–H groups in total. The SMILES string of the molecule is CCCSCC(=O)N1CCC(N)CC1.Cl. The normalized spacial score (nSPS) is 17.3. The van der Waals surface area contributed by atoms with Crippen LogP contribution in [0.25, 0.3) is 0 Å². The molecule has 3 nitrogen and oxygen atoms in total. The van der Waals surface area contributed by atoms with Crippen molar-refractivity contribution in [2.24, 2.45) is 5.73 Å². The third-order valence-electron chi connectivity index (χ3n) is 2.47. The molecule has 0 aromatic heterocycles. The molecule has 1 aliphatic heterocycles. The van der Waals surface area contributed by atoms with Gasteiger partial charge >= 0.3 is 0 Å². The lowest BCUT2D eigenvalue weighted by molar-refractivity contribution is -0.129. The maximum Gasteiger partial charge on any atom is 0.232 e. The number of nitrogens with two attached hydrogens (primary N) is 1. The van der Waals surface area contributed by atoms with E-state index in [0.717, 1.165) is 38.1 Å². The summed E-state index contributed by atoms with van der Waals surface area (Å²) in [6.07, 6.45) is 3.07. The van der Waals surface area contributed by atoms with E-state index >= 15 is 0 Å². The van der Waals surface area contributed by atoms with Gasteiger partial charge in [0, 0.05) is 19.1 Å². The summed E-state index contributed by atoms with van der Waals surface area (Å²) in [6.45, 7) is 3.84. The van der Waals surface area contributed by atoms with Gasteiger partial charge < -0.3 is 10.6 Å². The minimum Gasteiger partial charge on any atom is -0.342 e.